The number of aliphatic hydroxyl groups excluding tert-OH is 2. The van der Waals surface area contributed by atoms with Crippen LogP contribution in [0.5, 0.6) is 0 Å². The van der Waals surface area contributed by atoms with Crippen molar-refractivity contribution >= 4 is 6.08 Å². The minimum atomic E-state index is -0.793. The molecule has 22 heavy (non-hydrogen) atoms. The molecule has 0 aromatic carbocycles. The number of hydrogen-bond acceptors (Lipinski definition) is 6. The molecule has 0 bridgehead atoms. The van der Waals surface area contributed by atoms with Crippen LogP contribution in [0.2, 0.25) is 0 Å². The Bertz CT molecular complexity index is 680. The molecule has 1 aliphatic carbocycles. The number of nitrogens with two attached hydrogens (primary N) is 1. The van der Waals surface area contributed by atoms with Crippen LogP contribution in [0.3, 0.4) is 0 Å². The summed E-state index contributed by atoms with van der Waals surface area (Å²) in [5.74, 6) is 0. The van der Waals surface area contributed by atoms with Crippen LogP contribution in [0.1, 0.15) is 30.3 Å². The standard InChI is InChI=1S/C15H19N3O4/c16-10-2-1-3-11-9(4-5-10)7-18(15(21)17-11)14-6-12(20)13(8-19)22-14/h2,4-5,7,12-14,19-20H,1,3,6,8,16H2/b5-4-,10-2+. The molecule has 7 nitrogen and oxygen atoms in total. The average Bonchev–Trinajstić information content (AvgIpc) is 2.85. The van der Waals surface area contributed by atoms with Gasteiger partial charge >= 0.3 is 5.69 Å². The lowest BCUT2D eigenvalue weighted by atomic mass is 10.1. The van der Waals surface area contributed by atoms with Crippen LogP contribution in [0.25, 0.3) is 6.08 Å². The smallest absolute Gasteiger partial charge is 0.349 e. The molecule has 2 aliphatic rings. The maximum atomic E-state index is 12.2. The summed E-state index contributed by atoms with van der Waals surface area (Å²) in [7, 11) is 0. The fraction of sp³-hybridized carbons (Fsp3) is 0.467. The van der Waals surface area contributed by atoms with Gasteiger partial charge in [0.2, 0.25) is 0 Å². The Morgan fingerprint density at radius 2 is 2.27 bits per heavy atom. The number of aliphatic hydroxyl groups is 2. The molecular formula is C15H19N3O4. The molecular weight excluding hydrogens is 286 g/mol. The summed E-state index contributed by atoms with van der Waals surface area (Å²) in [5.41, 5.74) is 7.59. The minimum absolute atomic E-state index is 0.247. The number of allylic oxidation sites excluding steroid dienone is 2. The monoisotopic (exact) mass is 305 g/mol. The molecule has 4 N–H and O–H groups in total. The summed E-state index contributed by atoms with van der Waals surface area (Å²) in [6, 6.07) is 0. The highest BCUT2D eigenvalue weighted by Gasteiger charge is 2.35. The number of hydrogen-bond donors (Lipinski definition) is 3. The summed E-state index contributed by atoms with van der Waals surface area (Å²) < 4.78 is 6.89. The van der Waals surface area contributed by atoms with E-state index >= 15 is 0 Å². The average molecular weight is 305 g/mol. The first-order valence-electron chi connectivity index (χ1n) is 7.28. The molecule has 7 heteroatoms. The molecule has 2 heterocycles. The predicted octanol–water partition coefficient (Wildman–Crippen LogP) is -0.314. The number of nitrogens with zero attached hydrogens (tertiary/aromatic N) is 2. The molecule has 1 aliphatic heterocycles. The van der Waals surface area contributed by atoms with Gasteiger partial charge in [-0.3, -0.25) is 4.57 Å². The van der Waals surface area contributed by atoms with Gasteiger partial charge in [0.05, 0.1) is 18.4 Å². The van der Waals surface area contributed by atoms with E-state index in [0.29, 0.717) is 12.1 Å². The molecule has 118 valence electrons. The SMILES string of the molecule is NC1=C/CCc2nc(=O)n(C3CC(O)C(CO)O3)cc2/C=C\1. The number of aromatic nitrogens is 2. The Labute approximate surface area is 127 Å². The molecule has 3 atom stereocenters. The van der Waals surface area contributed by atoms with Gasteiger partial charge in [0.15, 0.2) is 0 Å². The van der Waals surface area contributed by atoms with Crippen molar-refractivity contribution in [3.05, 3.63) is 45.8 Å². The largest absolute Gasteiger partial charge is 0.399 e. The summed E-state index contributed by atoms with van der Waals surface area (Å²) in [5, 5.41) is 18.9. The van der Waals surface area contributed by atoms with Crippen molar-refractivity contribution < 1.29 is 14.9 Å². The molecule has 1 aromatic heterocycles. The lowest BCUT2D eigenvalue weighted by molar-refractivity contribution is -0.0459. The van der Waals surface area contributed by atoms with Gasteiger partial charge in [-0.2, -0.15) is 4.98 Å². The van der Waals surface area contributed by atoms with E-state index in [4.69, 9.17) is 15.6 Å². The van der Waals surface area contributed by atoms with Gasteiger partial charge < -0.3 is 20.7 Å². The summed E-state index contributed by atoms with van der Waals surface area (Å²) in [6.45, 7) is -0.286. The maximum absolute atomic E-state index is 12.2. The summed E-state index contributed by atoms with van der Waals surface area (Å²) >= 11 is 0. The zero-order valence-electron chi connectivity index (χ0n) is 12.1. The second-order valence-corrected chi connectivity index (χ2v) is 5.52. The van der Waals surface area contributed by atoms with Gasteiger partial charge in [0, 0.05) is 23.9 Å². The first-order valence-corrected chi connectivity index (χ1v) is 7.28. The van der Waals surface area contributed by atoms with E-state index in [0.717, 1.165) is 17.7 Å². The van der Waals surface area contributed by atoms with Gasteiger partial charge in [-0.1, -0.05) is 6.08 Å². The van der Waals surface area contributed by atoms with Gasteiger partial charge in [-0.15, -0.1) is 0 Å². The van der Waals surface area contributed by atoms with E-state index in [-0.39, 0.29) is 13.0 Å². The highest BCUT2D eigenvalue weighted by atomic mass is 16.5. The highest BCUT2D eigenvalue weighted by Crippen LogP contribution is 2.28. The summed E-state index contributed by atoms with van der Waals surface area (Å²) in [4.78, 5) is 16.3. The van der Waals surface area contributed by atoms with Crippen LogP contribution in [-0.2, 0) is 11.2 Å². The van der Waals surface area contributed by atoms with Crippen LogP contribution in [-0.4, -0.2) is 38.6 Å². The van der Waals surface area contributed by atoms with Crippen LogP contribution < -0.4 is 11.4 Å². The number of aryl methyl sites for hydroxylation is 1. The normalized spacial score (nSPS) is 31.7. The minimum Gasteiger partial charge on any atom is -0.399 e. The second-order valence-electron chi connectivity index (χ2n) is 5.52. The molecule has 0 amide bonds. The van der Waals surface area contributed by atoms with Crippen molar-refractivity contribution in [2.75, 3.05) is 6.61 Å². The quantitative estimate of drug-likeness (QED) is 0.691. The zero-order chi connectivity index (χ0) is 15.7. The summed E-state index contributed by atoms with van der Waals surface area (Å²) in [6.07, 6.45) is 6.70. The Hall–Kier alpha value is -1.96. The van der Waals surface area contributed by atoms with Crippen molar-refractivity contribution in [3.63, 3.8) is 0 Å². The predicted molar refractivity (Wildman–Crippen MR) is 79.7 cm³/mol. The van der Waals surface area contributed by atoms with Gasteiger partial charge in [-0.25, -0.2) is 4.79 Å². The number of fused-ring (bicyclic) bond motifs is 1. The molecule has 3 rings (SSSR count). The topological polar surface area (TPSA) is 111 Å². The van der Waals surface area contributed by atoms with E-state index in [1.807, 2.05) is 12.2 Å². The first kappa shape index (κ1) is 15.0. The molecule has 3 unspecified atom stereocenters. The Balaban J connectivity index is 1.96. The second kappa shape index (κ2) is 6.04. The third-order valence-electron chi connectivity index (χ3n) is 3.97. The molecule has 0 saturated carbocycles. The van der Waals surface area contributed by atoms with Crippen molar-refractivity contribution in [1.29, 1.82) is 0 Å². The van der Waals surface area contributed by atoms with E-state index < -0.39 is 24.1 Å². The molecule has 1 saturated heterocycles. The third-order valence-corrected chi connectivity index (χ3v) is 3.97. The van der Waals surface area contributed by atoms with Gasteiger partial charge in [0.25, 0.3) is 0 Å². The Kier molecular flexibility index (Phi) is 4.10. The van der Waals surface area contributed by atoms with Crippen LogP contribution in [0.4, 0.5) is 0 Å². The number of rotatable bonds is 2. The van der Waals surface area contributed by atoms with E-state index in [2.05, 4.69) is 4.98 Å². The Morgan fingerprint density at radius 1 is 1.45 bits per heavy atom. The fourth-order valence-electron chi connectivity index (χ4n) is 2.74. The lowest BCUT2D eigenvalue weighted by Gasteiger charge is -2.16. The molecule has 0 radical (unpaired) electrons. The molecule has 1 aromatic rings. The highest BCUT2D eigenvalue weighted by molar-refractivity contribution is 5.54. The third kappa shape index (κ3) is 2.83. The van der Waals surface area contributed by atoms with Crippen LogP contribution in [0, 0.1) is 0 Å². The fourth-order valence-corrected chi connectivity index (χ4v) is 2.74. The van der Waals surface area contributed by atoms with Gasteiger partial charge in [-0.05, 0) is 25.0 Å². The van der Waals surface area contributed by atoms with Crippen molar-refractivity contribution in [2.24, 2.45) is 5.73 Å². The number of ether oxygens (including phenoxy) is 1. The lowest BCUT2D eigenvalue weighted by Crippen LogP contribution is -2.29. The Morgan fingerprint density at radius 3 is 3.00 bits per heavy atom. The van der Waals surface area contributed by atoms with Crippen molar-refractivity contribution in [3.8, 4) is 0 Å². The van der Waals surface area contributed by atoms with Crippen LogP contribution in [0.15, 0.2) is 28.8 Å². The molecule has 0 spiro atoms. The van der Waals surface area contributed by atoms with E-state index in [1.54, 1.807) is 12.3 Å². The van der Waals surface area contributed by atoms with E-state index in [9.17, 15) is 9.90 Å². The van der Waals surface area contributed by atoms with E-state index in [1.165, 1.54) is 4.57 Å². The zero-order valence-corrected chi connectivity index (χ0v) is 12.1. The molecule has 1 fully saturated rings. The first-order chi connectivity index (χ1) is 10.6. The van der Waals surface area contributed by atoms with Crippen molar-refractivity contribution in [2.45, 2.75) is 37.7 Å². The van der Waals surface area contributed by atoms with Crippen LogP contribution >= 0.6 is 0 Å². The maximum Gasteiger partial charge on any atom is 0.349 e. The van der Waals surface area contributed by atoms with Gasteiger partial charge in [0.1, 0.15) is 12.3 Å². The van der Waals surface area contributed by atoms with Crippen molar-refractivity contribution in [1.82, 2.24) is 9.55 Å².